The van der Waals surface area contributed by atoms with Crippen LogP contribution in [0.3, 0.4) is 0 Å². The van der Waals surface area contributed by atoms with Crippen LogP contribution >= 0.6 is 11.3 Å². The number of aromatic nitrogens is 1. The number of carbonyl (C=O) groups excluding carboxylic acids is 2. The number of aryl methyl sites for hydroxylation is 2. The fraction of sp³-hybridized carbons (Fsp3) is 0.222. The van der Waals surface area contributed by atoms with Crippen molar-refractivity contribution in [2.24, 2.45) is 0 Å². The number of fused-ring (bicyclic) bond motifs is 1. The van der Waals surface area contributed by atoms with Crippen molar-refractivity contribution in [1.29, 1.82) is 0 Å². The Bertz CT molecular complexity index is 1330. The molecule has 1 heterocycles. The molecule has 0 saturated carbocycles. The van der Waals surface area contributed by atoms with Crippen molar-refractivity contribution in [3.8, 4) is 5.75 Å². The number of anilines is 1. The van der Waals surface area contributed by atoms with E-state index < -0.39 is 0 Å². The van der Waals surface area contributed by atoms with Gasteiger partial charge in [-0.05, 0) is 61.7 Å². The Balaban J connectivity index is 1.74. The van der Waals surface area contributed by atoms with Crippen molar-refractivity contribution < 1.29 is 14.3 Å². The van der Waals surface area contributed by atoms with E-state index in [0.717, 1.165) is 21.3 Å². The van der Waals surface area contributed by atoms with Crippen LogP contribution in [0.4, 0.5) is 5.13 Å². The van der Waals surface area contributed by atoms with Crippen LogP contribution < -0.4 is 9.64 Å². The second-order valence-corrected chi connectivity index (χ2v) is 9.16. The molecule has 6 heteroatoms. The quantitative estimate of drug-likeness (QED) is 0.324. The maximum atomic E-state index is 13.6. The molecule has 0 atom stereocenters. The zero-order chi connectivity index (χ0) is 23.5. The predicted molar refractivity (Wildman–Crippen MR) is 133 cm³/mol. The third kappa shape index (κ3) is 4.96. The molecule has 0 spiro atoms. The average Bonchev–Trinajstić information content (AvgIpc) is 3.22. The molecule has 4 rings (SSSR count). The zero-order valence-corrected chi connectivity index (χ0v) is 20.0. The van der Waals surface area contributed by atoms with Gasteiger partial charge in [0.2, 0.25) is 5.91 Å². The Morgan fingerprint density at radius 3 is 2.48 bits per heavy atom. The highest BCUT2D eigenvalue weighted by Gasteiger charge is 2.23. The number of Topliss-reactive ketones (excluding diaryl/α,β-unsaturated/α-hetero) is 1. The molecule has 0 aliphatic rings. The number of carbonyl (C=O) groups is 2. The van der Waals surface area contributed by atoms with E-state index in [0.29, 0.717) is 28.6 Å². The van der Waals surface area contributed by atoms with E-state index >= 15 is 0 Å². The normalized spacial score (nSPS) is 10.9. The van der Waals surface area contributed by atoms with Gasteiger partial charge < -0.3 is 4.74 Å². The monoisotopic (exact) mass is 458 g/mol. The molecule has 0 aliphatic heterocycles. The molecule has 1 amide bonds. The first-order valence-electron chi connectivity index (χ1n) is 10.8. The minimum atomic E-state index is -0.105. The van der Waals surface area contributed by atoms with Crippen LogP contribution in [0.1, 0.15) is 39.5 Å². The van der Waals surface area contributed by atoms with Crippen molar-refractivity contribution in [2.45, 2.75) is 33.7 Å². The van der Waals surface area contributed by atoms with Gasteiger partial charge in [-0.1, -0.05) is 47.7 Å². The molecule has 0 radical (unpaired) electrons. The molecule has 0 N–H and O–H groups in total. The summed E-state index contributed by atoms with van der Waals surface area (Å²) in [6.07, 6.45) is 0.102. The molecular formula is C27H26N2O3S. The van der Waals surface area contributed by atoms with E-state index in [2.05, 4.69) is 19.1 Å². The van der Waals surface area contributed by atoms with Crippen LogP contribution in [0.5, 0.6) is 5.75 Å². The summed E-state index contributed by atoms with van der Waals surface area (Å²) in [6, 6.07) is 19.3. The van der Waals surface area contributed by atoms with Crippen molar-refractivity contribution >= 4 is 38.4 Å². The summed E-state index contributed by atoms with van der Waals surface area (Å²) in [7, 11) is 1.57. The summed E-state index contributed by atoms with van der Waals surface area (Å²) < 4.78 is 6.53. The maximum absolute atomic E-state index is 13.6. The molecule has 168 valence electrons. The van der Waals surface area contributed by atoms with Crippen LogP contribution in [0, 0.1) is 13.8 Å². The standard InChI is InChI=1S/C27H26N2O3S/c1-17-12-18(2)26-24(13-17)33-27(28-26)29(16-20-8-6-5-7-9-20)25(31)15-22-14-21(19(3)30)10-11-23(22)32-4/h5-14H,15-16H2,1-4H3. The van der Waals surface area contributed by atoms with Crippen LogP contribution in [0.25, 0.3) is 10.2 Å². The predicted octanol–water partition coefficient (Wildman–Crippen LogP) is 5.90. The van der Waals surface area contributed by atoms with E-state index in [1.807, 2.05) is 37.3 Å². The number of amides is 1. The summed E-state index contributed by atoms with van der Waals surface area (Å²) in [6.45, 7) is 6.03. The molecule has 0 fully saturated rings. The number of nitrogens with zero attached hydrogens (tertiary/aromatic N) is 2. The minimum absolute atomic E-state index is 0.0514. The van der Waals surface area contributed by atoms with Crippen molar-refractivity contribution in [3.05, 3.63) is 88.5 Å². The maximum Gasteiger partial charge on any atom is 0.233 e. The summed E-state index contributed by atoms with van der Waals surface area (Å²) in [5.74, 6) is 0.430. The smallest absolute Gasteiger partial charge is 0.233 e. The van der Waals surface area contributed by atoms with Crippen LogP contribution in [-0.2, 0) is 17.8 Å². The van der Waals surface area contributed by atoms with E-state index in [9.17, 15) is 9.59 Å². The Hall–Kier alpha value is -3.51. The lowest BCUT2D eigenvalue weighted by molar-refractivity contribution is -0.118. The average molecular weight is 459 g/mol. The molecule has 0 saturated heterocycles. The number of methoxy groups -OCH3 is 1. The summed E-state index contributed by atoms with van der Waals surface area (Å²) in [5, 5.41) is 0.661. The van der Waals surface area contributed by atoms with Gasteiger partial charge in [-0.15, -0.1) is 0 Å². The van der Waals surface area contributed by atoms with Gasteiger partial charge in [0, 0.05) is 11.1 Å². The highest BCUT2D eigenvalue weighted by atomic mass is 32.1. The topological polar surface area (TPSA) is 59.5 Å². The first-order chi connectivity index (χ1) is 15.9. The molecule has 5 nitrogen and oxygen atoms in total. The van der Waals surface area contributed by atoms with Gasteiger partial charge >= 0.3 is 0 Å². The van der Waals surface area contributed by atoms with E-state index in [4.69, 9.17) is 9.72 Å². The number of rotatable bonds is 7. The Kier molecular flexibility index (Phi) is 6.56. The van der Waals surface area contributed by atoms with Gasteiger partial charge in [0.15, 0.2) is 10.9 Å². The number of hydrogen-bond donors (Lipinski definition) is 0. The lowest BCUT2D eigenvalue weighted by atomic mass is 10.0. The minimum Gasteiger partial charge on any atom is -0.496 e. The number of ether oxygens (including phenoxy) is 1. The summed E-state index contributed by atoms with van der Waals surface area (Å²) in [4.78, 5) is 32.1. The summed E-state index contributed by atoms with van der Waals surface area (Å²) >= 11 is 1.52. The van der Waals surface area contributed by atoms with Crippen LogP contribution in [0.2, 0.25) is 0 Å². The number of ketones is 1. The lowest BCUT2D eigenvalue weighted by Crippen LogP contribution is -2.31. The van der Waals surface area contributed by atoms with Gasteiger partial charge in [0.05, 0.1) is 30.3 Å². The van der Waals surface area contributed by atoms with Crippen molar-refractivity contribution in [2.75, 3.05) is 12.0 Å². The number of thiazole rings is 1. The second-order valence-electron chi connectivity index (χ2n) is 8.15. The third-order valence-corrected chi connectivity index (χ3v) is 6.59. The Labute approximate surface area is 197 Å². The molecule has 0 bridgehead atoms. The van der Waals surface area contributed by atoms with Crippen LogP contribution in [0.15, 0.2) is 60.7 Å². The van der Waals surface area contributed by atoms with E-state index in [-0.39, 0.29) is 18.1 Å². The van der Waals surface area contributed by atoms with Crippen molar-refractivity contribution in [3.63, 3.8) is 0 Å². The van der Waals surface area contributed by atoms with Gasteiger partial charge in [-0.3, -0.25) is 14.5 Å². The van der Waals surface area contributed by atoms with Gasteiger partial charge in [-0.2, -0.15) is 0 Å². The van der Waals surface area contributed by atoms with Crippen LogP contribution in [-0.4, -0.2) is 23.8 Å². The molecule has 0 unspecified atom stereocenters. The first-order valence-corrected chi connectivity index (χ1v) is 11.6. The van der Waals surface area contributed by atoms with Gasteiger partial charge in [0.1, 0.15) is 5.75 Å². The Morgan fingerprint density at radius 2 is 1.79 bits per heavy atom. The van der Waals surface area contributed by atoms with Gasteiger partial charge in [-0.25, -0.2) is 4.98 Å². The molecule has 33 heavy (non-hydrogen) atoms. The third-order valence-electron chi connectivity index (χ3n) is 5.56. The molecule has 4 aromatic rings. The first kappa shape index (κ1) is 22.7. The number of hydrogen-bond acceptors (Lipinski definition) is 5. The number of benzene rings is 3. The SMILES string of the molecule is COc1ccc(C(C)=O)cc1CC(=O)N(Cc1ccccc1)c1nc2c(C)cc(C)cc2s1. The second kappa shape index (κ2) is 9.55. The van der Waals surface area contributed by atoms with Gasteiger partial charge in [0.25, 0.3) is 0 Å². The molecule has 0 aliphatic carbocycles. The van der Waals surface area contributed by atoms with Crippen molar-refractivity contribution in [1.82, 2.24) is 4.98 Å². The fourth-order valence-corrected chi connectivity index (χ4v) is 5.06. The van der Waals surface area contributed by atoms with E-state index in [1.165, 1.54) is 23.8 Å². The largest absolute Gasteiger partial charge is 0.496 e. The fourth-order valence-electron chi connectivity index (χ4n) is 3.90. The van der Waals surface area contributed by atoms with E-state index in [1.54, 1.807) is 30.2 Å². The summed E-state index contributed by atoms with van der Waals surface area (Å²) in [5.41, 5.74) is 5.43. The zero-order valence-electron chi connectivity index (χ0n) is 19.2. The highest BCUT2D eigenvalue weighted by Crippen LogP contribution is 2.33. The lowest BCUT2D eigenvalue weighted by Gasteiger charge is -2.21. The highest BCUT2D eigenvalue weighted by molar-refractivity contribution is 7.22. The molecular weight excluding hydrogens is 432 g/mol. The molecule has 1 aromatic heterocycles. The Morgan fingerprint density at radius 1 is 1.03 bits per heavy atom. The molecule has 3 aromatic carbocycles.